The molecule has 4 amide bonds. The number of methoxy groups -OCH3 is 1. The number of carbonyl (C=O) groups is 3. The lowest BCUT2D eigenvalue weighted by atomic mass is 10.0. The van der Waals surface area contributed by atoms with Gasteiger partial charge in [0.05, 0.1) is 19.9 Å². The van der Waals surface area contributed by atoms with Crippen molar-refractivity contribution in [1.82, 2.24) is 10.2 Å². The highest BCUT2D eigenvalue weighted by Crippen LogP contribution is 2.35. The summed E-state index contributed by atoms with van der Waals surface area (Å²) in [5.41, 5.74) is 2.13. The van der Waals surface area contributed by atoms with Gasteiger partial charge in [-0.1, -0.05) is 18.2 Å². The lowest BCUT2D eigenvalue weighted by molar-refractivity contribution is -0.130. The van der Waals surface area contributed by atoms with E-state index in [0.717, 1.165) is 19.6 Å². The topological polar surface area (TPSA) is 98.1 Å². The number of carbonyl (C=O) groups excluding carboxylic acids is 3. The second-order valence-electron chi connectivity index (χ2n) is 7.91. The van der Waals surface area contributed by atoms with Gasteiger partial charge in [0.15, 0.2) is 11.5 Å². The van der Waals surface area contributed by atoms with Crippen LogP contribution in [0.25, 0.3) is 6.08 Å². The Morgan fingerprint density at radius 3 is 2.58 bits per heavy atom. The Hall–Kier alpha value is -3.86. The summed E-state index contributed by atoms with van der Waals surface area (Å²) >= 11 is 2.24. The number of rotatable bonds is 9. The second-order valence-corrected chi connectivity index (χ2v) is 9.15. The van der Waals surface area contributed by atoms with Crippen molar-refractivity contribution in [3.05, 3.63) is 99.0 Å². The summed E-state index contributed by atoms with van der Waals surface area (Å²) in [5, 5.41) is 2.21. The van der Waals surface area contributed by atoms with E-state index in [1.165, 1.54) is 19.4 Å². The number of hydrogen-bond acceptors (Lipinski definition) is 6. The number of urea groups is 1. The Balaban J connectivity index is 1.65. The van der Waals surface area contributed by atoms with E-state index in [4.69, 9.17) is 13.9 Å². The van der Waals surface area contributed by atoms with Crippen molar-refractivity contribution in [3.63, 3.8) is 0 Å². The van der Waals surface area contributed by atoms with Gasteiger partial charge >= 0.3 is 6.03 Å². The molecule has 0 aliphatic carbocycles. The number of allylic oxidation sites excluding steroid dienone is 1. The summed E-state index contributed by atoms with van der Waals surface area (Å²) in [7, 11) is 1.52. The lowest BCUT2D eigenvalue weighted by Gasteiger charge is -2.25. The molecule has 1 aliphatic heterocycles. The number of imide groups is 2. The van der Waals surface area contributed by atoms with Crippen LogP contribution in [0.4, 0.5) is 4.79 Å². The highest BCUT2D eigenvalue weighted by atomic mass is 127. The Morgan fingerprint density at radius 2 is 1.92 bits per heavy atom. The highest BCUT2D eigenvalue weighted by Gasteiger charge is 2.36. The van der Waals surface area contributed by atoms with E-state index in [-0.39, 0.29) is 12.1 Å². The molecule has 36 heavy (non-hydrogen) atoms. The summed E-state index contributed by atoms with van der Waals surface area (Å²) in [5.74, 6) is -0.0878. The fourth-order valence-electron chi connectivity index (χ4n) is 3.69. The van der Waals surface area contributed by atoms with Gasteiger partial charge in [0.25, 0.3) is 11.8 Å². The number of benzene rings is 2. The van der Waals surface area contributed by atoms with Gasteiger partial charge in [-0.3, -0.25) is 19.8 Å². The van der Waals surface area contributed by atoms with Crippen LogP contribution in [0.2, 0.25) is 0 Å². The molecule has 3 aromatic rings. The van der Waals surface area contributed by atoms with Crippen LogP contribution in [0, 0.1) is 3.57 Å². The lowest BCUT2D eigenvalue weighted by Crippen LogP contribution is -2.53. The molecule has 1 aliphatic rings. The van der Waals surface area contributed by atoms with Crippen LogP contribution in [0.1, 0.15) is 22.5 Å². The fourth-order valence-corrected chi connectivity index (χ4v) is 4.05. The largest absolute Gasteiger partial charge is 0.493 e. The third-order valence-electron chi connectivity index (χ3n) is 5.43. The maximum absolute atomic E-state index is 13.1. The first kappa shape index (κ1) is 25.2. The number of furan rings is 1. The summed E-state index contributed by atoms with van der Waals surface area (Å²) < 4.78 is 18.1. The van der Waals surface area contributed by atoms with Crippen LogP contribution in [0.3, 0.4) is 0 Å². The van der Waals surface area contributed by atoms with Crippen LogP contribution >= 0.6 is 22.6 Å². The van der Waals surface area contributed by atoms with E-state index in [2.05, 4.69) is 34.5 Å². The van der Waals surface area contributed by atoms with Gasteiger partial charge in [-0.25, -0.2) is 4.79 Å². The maximum Gasteiger partial charge on any atom is 0.331 e. The number of ether oxygens (including phenoxy) is 2. The third kappa shape index (κ3) is 5.68. The predicted octanol–water partition coefficient (Wildman–Crippen LogP) is 4.86. The first-order valence-corrected chi connectivity index (χ1v) is 12.1. The van der Waals surface area contributed by atoms with E-state index in [0.29, 0.717) is 35.9 Å². The number of nitrogens with one attached hydrogen (secondary N) is 1. The number of hydrogen-bond donors (Lipinski definition) is 1. The quantitative estimate of drug-likeness (QED) is 0.164. The first-order chi connectivity index (χ1) is 17.4. The van der Waals surface area contributed by atoms with E-state index in [9.17, 15) is 14.4 Å². The number of barbiturate groups is 1. The molecule has 0 unspecified atom stereocenters. The minimum atomic E-state index is -0.803. The average Bonchev–Trinajstić information content (AvgIpc) is 3.38. The Labute approximate surface area is 221 Å². The third-order valence-corrected chi connectivity index (χ3v) is 6.14. The standard InChI is InChI=1S/C27H23IN2O6/c1-3-5-19-12-18(14-23(34-2)24(19)36-16-17-7-9-20(28)10-8-17)13-22-25(31)29-27(33)30(26(22)32)15-21-6-4-11-35-21/h3-4,6-14H,1,5,15-16H2,2H3,(H,29,31,33)/b22-13+. The van der Waals surface area contributed by atoms with Crippen LogP contribution in [-0.4, -0.2) is 29.9 Å². The molecular weight excluding hydrogens is 575 g/mol. The summed E-state index contributed by atoms with van der Waals surface area (Å²) in [6.07, 6.45) is 5.07. The SMILES string of the molecule is C=CCc1cc(/C=C2\C(=O)NC(=O)N(Cc3ccco3)C2=O)cc(OC)c1OCc1ccc(I)cc1. The van der Waals surface area contributed by atoms with Gasteiger partial charge in [-0.2, -0.15) is 0 Å². The normalized spacial score (nSPS) is 14.7. The first-order valence-electron chi connectivity index (χ1n) is 11.0. The Kier molecular flexibility index (Phi) is 7.89. The molecule has 9 heteroatoms. The van der Waals surface area contributed by atoms with Crippen LogP contribution in [-0.2, 0) is 29.2 Å². The molecule has 2 aromatic carbocycles. The molecule has 1 N–H and O–H groups in total. The van der Waals surface area contributed by atoms with Gasteiger partial charge in [0.1, 0.15) is 17.9 Å². The van der Waals surface area contributed by atoms with Crippen molar-refractivity contribution in [2.45, 2.75) is 19.6 Å². The van der Waals surface area contributed by atoms with Crippen molar-refractivity contribution in [2.75, 3.05) is 7.11 Å². The molecule has 0 atom stereocenters. The molecule has 0 saturated carbocycles. The molecule has 0 radical (unpaired) electrons. The van der Waals surface area contributed by atoms with Crippen LogP contribution < -0.4 is 14.8 Å². The molecule has 8 nitrogen and oxygen atoms in total. The summed E-state index contributed by atoms with van der Waals surface area (Å²) in [6, 6.07) is 14.0. The van der Waals surface area contributed by atoms with Crippen molar-refractivity contribution in [2.24, 2.45) is 0 Å². The number of nitrogens with zero attached hydrogens (tertiary/aromatic N) is 1. The average molecular weight is 598 g/mol. The van der Waals surface area contributed by atoms with Crippen molar-refractivity contribution in [3.8, 4) is 11.5 Å². The minimum Gasteiger partial charge on any atom is -0.493 e. The fraction of sp³-hybridized carbons (Fsp3) is 0.148. The molecular formula is C27H23IN2O6. The van der Waals surface area contributed by atoms with Crippen molar-refractivity contribution >= 4 is 46.5 Å². The van der Waals surface area contributed by atoms with Gasteiger partial charge < -0.3 is 13.9 Å². The predicted molar refractivity (Wildman–Crippen MR) is 141 cm³/mol. The molecule has 1 aromatic heterocycles. The van der Waals surface area contributed by atoms with E-state index in [1.54, 1.807) is 30.3 Å². The van der Waals surface area contributed by atoms with Gasteiger partial charge in [0, 0.05) is 9.13 Å². The Bertz CT molecular complexity index is 1330. The molecule has 2 heterocycles. The Morgan fingerprint density at radius 1 is 1.14 bits per heavy atom. The van der Waals surface area contributed by atoms with Crippen LogP contribution in [0.5, 0.6) is 11.5 Å². The van der Waals surface area contributed by atoms with Crippen molar-refractivity contribution < 1.29 is 28.3 Å². The zero-order valence-corrected chi connectivity index (χ0v) is 21.6. The molecule has 4 rings (SSSR count). The zero-order chi connectivity index (χ0) is 25.7. The van der Waals surface area contributed by atoms with Crippen LogP contribution in [0.15, 0.2) is 77.4 Å². The van der Waals surface area contributed by atoms with E-state index >= 15 is 0 Å². The van der Waals surface area contributed by atoms with Crippen molar-refractivity contribution in [1.29, 1.82) is 0 Å². The molecule has 1 fully saturated rings. The maximum atomic E-state index is 13.1. The molecule has 0 bridgehead atoms. The number of halogens is 1. The zero-order valence-electron chi connectivity index (χ0n) is 19.5. The number of amides is 4. The minimum absolute atomic E-state index is 0.0986. The summed E-state index contributed by atoms with van der Waals surface area (Å²) in [6.45, 7) is 4.06. The van der Waals surface area contributed by atoms with E-state index in [1.807, 2.05) is 24.3 Å². The monoisotopic (exact) mass is 598 g/mol. The van der Waals surface area contributed by atoms with E-state index < -0.39 is 17.8 Å². The highest BCUT2D eigenvalue weighted by molar-refractivity contribution is 14.1. The second kappa shape index (κ2) is 11.3. The smallest absolute Gasteiger partial charge is 0.331 e. The molecule has 0 spiro atoms. The van der Waals surface area contributed by atoms with Gasteiger partial charge in [-0.05, 0) is 82.6 Å². The van der Waals surface area contributed by atoms with Gasteiger partial charge in [-0.15, -0.1) is 6.58 Å². The summed E-state index contributed by atoms with van der Waals surface area (Å²) in [4.78, 5) is 38.8. The molecule has 1 saturated heterocycles. The van der Waals surface area contributed by atoms with Gasteiger partial charge in [0.2, 0.25) is 0 Å². The molecule has 184 valence electrons.